The Morgan fingerprint density at radius 1 is 1.27 bits per heavy atom. The Balaban J connectivity index is 0.00000338. The van der Waals surface area contributed by atoms with Gasteiger partial charge < -0.3 is 10.4 Å². The molecule has 1 amide bonds. The number of hydrogen-bond donors (Lipinski definition) is 3. The standard InChI is InChI=1S/C19H28N2O3S.ClH/c1-12(2)10-14-4-6-15(7-5-14)13(3)19-21-16(11-25-19)18(24)20-9-8-17(22)23;/h4-7,12-13,16,19,21H,8-11H2,1-3H3,(H,20,24)(H,22,23);1H/t13-,16-,19?;/m0./s1. The highest BCUT2D eigenvalue weighted by atomic mass is 35.5. The number of amides is 1. The van der Waals surface area contributed by atoms with Crippen molar-refractivity contribution in [1.29, 1.82) is 0 Å². The summed E-state index contributed by atoms with van der Waals surface area (Å²) in [6, 6.07) is 8.50. The lowest BCUT2D eigenvalue weighted by molar-refractivity contribution is -0.136. The monoisotopic (exact) mass is 400 g/mol. The van der Waals surface area contributed by atoms with Gasteiger partial charge in [-0.2, -0.15) is 0 Å². The topological polar surface area (TPSA) is 78.4 Å². The quantitative estimate of drug-likeness (QED) is 0.625. The minimum Gasteiger partial charge on any atom is -0.481 e. The van der Waals surface area contributed by atoms with Crippen molar-refractivity contribution < 1.29 is 14.7 Å². The molecule has 3 atom stereocenters. The molecule has 1 saturated heterocycles. The molecule has 0 aromatic heterocycles. The number of halogens is 1. The molecule has 5 nitrogen and oxygen atoms in total. The molecule has 7 heteroatoms. The summed E-state index contributed by atoms with van der Waals surface area (Å²) in [6.45, 7) is 6.79. The predicted molar refractivity (Wildman–Crippen MR) is 109 cm³/mol. The van der Waals surface area contributed by atoms with Gasteiger partial charge in [-0.3, -0.25) is 14.9 Å². The van der Waals surface area contributed by atoms with Crippen LogP contribution in [0.15, 0.2) is 24.3 Å². The number of thioether (sulfide) groups is 1. The molecule has 0 saturated carbocycles. The van der Waals surface area contributed by atoms with Gasteiger partial charge in [-0.1, -0.05) is 45.0 Å². The van der Waals surface area contributed by atoms with Crippen LogP contribution in [0.25, 0.3) is 0 Å². The normalized spacial score (nSPS) is 20.5. The molecule has 1 aromatic rings. The maximum absolute atomic E-state index is 12.1. The summed E-state index contributed by atoms with van der Waals surface area (Å²) in [4.78, 5) is 22.6. The van der Waals surface area contributed by atoms with Crippen molar-refractivity contribution in [3.63, 3.8) is 0 Å². The second-order valence-electron chi connectivity index (χ2n) is 7.04. The minimum atomic E-state index is -0.901. The average Bonchev–Trinajstić information content (AvgIpc) is 3.04. The molecule has 1 aliphatic rings. The molecule has 0 spiro atoms. The number of rotatable bonds is 8. The van der Waals surface area contributed by atoms with E-state index in [0.717, 1.165) is 6.42 Å². The molecule has 1 unspecified atom stereocenters. The highest BCUT2D eigenvalue weighted by molar-refractivity contribution is 8.00. The molecule has 1 fully saturated rings. The van der Waals surface area contributed by atoms with Crippen molar-refractivity contribution in [3.05, 3.63) is 35.4 Å². The highest BCUT2D eigenvalue weighted by Gasteiger charge is 2.33. The van der Waals surface area contributed by atoms with Crippen molar-refractivity contribution in [2.45, 2.75) is 50.9 Å². The molecular formula is C19H29ClN2O3S. The van der Waals surface area contributed by atoms with E-state index in [9.17, 15) is 9.59 Å². The molecule has 146 valence electrons. The second-order valence-corrected chi connectivity index (χ2v) is 8.21. The summed E-state index contributed by atoms with van der Waals surface area (Å²) >= 11 is 1.75. The summed E-state index contributed by atoms with van der Waals surface area (Å²) in [7, 11) is 0. The van der Waals surface area contributed by atoms with Crippen LogP contribution >= 0.6 is 24.2 Å². The number of aliphatic carboxylic acids is 1. The first-order valence-corrected chi connectivity index (χ1v) is 9.87. The van der Waals surface area contributed by atoms with E-state index in [1.807, 2.05) is 0 Å². The van der Waals surface area contributed by atoms with Crippen molar-refractivity contribution >= 4 is 36.0 Å². The van der Waals surface area contributed by atoms with Gasteiger partial charge in [-0.25, -0.2) is 0 Å². The summed E-state index contributed by atoms with van der Waals surface area (Å²) in [5.74, 6) is 0.641. The number of hydrogen-bond acceptors (Lipinski definition) is 4. The molecule has 0 radical (unpaired) electrons. The maximum atomic E-state index is 12.1. The van der Waals surface area contributed by atoms with Gasteiger partial charge in [-0.05, 0) is 23.5 Å². The first-order chi connectivity index (χ1) is 11.9. The Morgan fingerprint density at radius 2 is 1.92 bits per heavy atom. The summed E-state index contributed by atoms with van der Waals surface area (Å²) in [6.07, 6.45) is 1.04. The first kappa shape index (κ1) is 22.8. The highest BCUT2D eigenvalue weighted by Crippen LogP contribution is 2.32. The van der Waals surface area contributed by atoms with Gasteiger partial charge >= 0.3 is 5.97 Å². The van der Waals surface area contributed by atoms with E-state index in [4.69, 9.17) is 5.11 Å². The SMILES string of the molecule is CC(C)Cc1ccc([C@H](C)C2N[C@H](C(=O)NCCC(=O)O)CS2)cc1.Cl. The summed E-state index contributed by atoms with van der Waals surface area (Å²) in [5, 5.41) is 14.9. The van der Waals surface area contributed by atoms with Gasteiger partial charge in [0.15, 0.2) is 0 Å². The van der Waals surface area contributed by atoms with Crippen molar-refractivity contribution in [2.75, 3.05) is 12.3 Å². The van der Waals surface area contributed by atoms with Crippen LogP contribution in [-0.4, -0.2) is 40.7 Å². The smallest absolute Gasteiger partial charge is 0.305 e. The number of carboxylic acids is 1. The third kappa shape index (κ3) is 6.82. The zero-order valence-electron chi connectivity index (χ0n) is 15.5. The van der Waals surface area contributed by atoms with E-state index in [2.05, 4.69) is 55.7 Å². The predicted octanol–water partition coefficient (Wildman–Crippen LogP) is 3.03. The second kappa shape index (κ2) is 10.8. The Hall–Kier alpha value is -1.24. The van der Waals surface area contributed by atoms with Gasteiger partial charge in [0.25, 0.3) is 0 Å². The van der Waals surface area contributed by atoms with Gasteiger partial charge in [0.05, 0.1) is 17.8 Å². The minimum absolute atomic E-state index is 0. The molecule has 0 bridgehead atoms. The van der Waals surface area contributed by atoms with Crippen LogP contribution in [0.3, 0.4) is 0 Å². The number of carbonyl (C=O) groups excluding carboxylic acids is 1. The van der Waals surface area contributed by atoms with Crippen molar-refractivity contribution in [2.24, 2.45) is 5.92 Å². The lowest BCUT2D eigenvalue weighted by Gasteiger charge is -2.21. The van der Waals surface area contributed by atoms with E-state index < -0.39 is 5.97 Å². The molecular weight excluding hydrogens is 372 g/mol. The van der Waals surface area contributed by atoms with Crippen LogP contribution in [-0.2, 0) is 16.0 Å². The fraction of sp³-hybridized carbons (Fsp3) is 0.579. The zero-order valence-corrected chi connectivity index (χ0v) is 17.2. The van der Waals surface area contributed by atoms with Gasteiger partial charge in [0.1, 0.15) is 0 Å². The molecule has 26 heavy (non-hydrogen) atoms. The Kier molecular flexibility index (Phi) is 9.47. The van der Waals surface area contributed by atoms with Gasteiger partial charge in [0, 0.05) is 18.2 Å². The lowest BCUT2D eigenvalue weighted by Crippen LogP contribution is -2.45. The van der Waals surface area contributed by atoms with Crippen molar-refractivity contribution in [1.82, 2.24) is 10.6 Å². The molecule has 0 aliphatic carbocycles. The zero-order chi connectivity index (χ0) is 18.4. The molecule has 1 aliphatic heterocycles. The average molecular weight is 401 g/mol. The van der Waals surface area contributed by atoms with E-state index >= 15 is 0 Å². The van der Waals surface area contributed by atoms with E-state index in [0.29, 0.717) is 17.6 Å². The Labute approximate surface area is 166 Å². The van der Waals surface area contributed by atoms with Crippen LogP contribution in [0.1, 0.15) is 44.2 Å². The number of carboxylic acid groups (broad SMARTS) is 1. The van der Waals surface area contributed by atoms with Crippen LogP contribution in [0, 0.1) is 5.92 Å². The third-order valence-corrected chi connectivity index (χ3v) is 5.80. The Morgan fingerprint density at radius 3 is 2.50 bits per heavy atom. The first-order valence-electron chi connectivity index (χ1n) is 8.82. The van der Waals surface area contributed by atoms with Gasteiger partial charge in [-0.15, -0.1) is 24.2 Å². The molecule has 1 heterocycles. The summed E-state index contributed by atoms with van der Waals surface area (Å²) in [5.41, 5.74) is 2.62. The lowest BCUT2D eigenvalue weighted by atomic mass is 9.96. The molecule has 3 N–H and O–H groups in total. The fourth-order valence-electron chi connectivity index (χ4n) is 2.95. The molecule has 1 aromatic carbocycles. The largest absolute Gasteiger partial charge is 0.481 e. The van der Waals surface area contributed by atoms with Crippen LogP contribution in [0.4, 0.5) is 0 Å². The number of carbonyl (C=O) groups is 2. The maximum Gasteiger partial charge on any atom is 0.305 e. The van der Waals surface area contributed by atoms with Crippen LogP contribution in [0.5, 0.6) is 0 Å². The molecule has 2 rings (SSSR count). The van der Waals surface area contributed by atoms with E-state index in [1.165, 1.54) is 11.1 Å². The van der Waals surface area contributed by atoms with Gasteiger partial charge in [0.2, 0.25) is 5.91 Å². The van der Waals surface area contributed by atoms with E-state index in [1.54, 1.807) is 11.8 Å². The number of nitrogens with one attached hydrogen (secondary N) is 2. The van der Waals surface area contributed by atoms with Crippen LogP contribution < -0.4 is 10.6 Å². The summed E-state index contributed by atoms with van der Waals surface area (Å²) < 4.78 is 0. The van der Waals surface area contributed by atoms with Crippen molar-refractivity contribution in [3.8, 4) is 0 Å². The van der Waals surface area contributed by atoms with E-state index in [-0.39, 0.29) is 42.7 Å². The fourth-order valence-corrected chi connectivity index (χ4v) is 4.31. The Bertz CT molecular complexity index is 595. The number of benzene rings is 1. The third-order valence-electron chi connectivity index (χ3n) is 4.37. The van der Waals surface area contributed by atoms with Crippen LogP contribution in [0.2, 0.25) is 0 Å².